The summed E-state index contributed by atoms with van der Waals surface area (Å²) < 4.78 is 2.53. The largest absolute Gasteiger partial charge is 0.387 e. The molecule has 2 aromatic carbocycles. The second-order valence-corrected chi connectivity index (χ2v) is 7.12. The third-order valence-electron chi connectivity index (χ3n) is 2.93. The maximum absolute atomic E-state index is 12.5. The summed E-state index contributed by atoms with van der Waals surface area (Å²) in [5, 5.41) is 5.97. The van der Waals surface area contributed by atoms with Crippen molar-refractivity contribution in [3.05, 3.63) is 54.9 Å². The standard InChI is InChI=1S/C15H13Br3N2O/c1-8-3-4-13(19-2)10(5-8)15(21)20-14-11(17)6-9(16)7-12(14)18/h3-7,19H,1-2H3,(H,20,21). The SMILES string of the molecule is CNc1ccc(C)cc1C(=O)Nc1c(Br)cc(Br)cc1Br. The number of amides is 1. The van der Waals surface area contributed by atoms with Crippen LogP contribution >= 0.6 is 47.8 Å². The fourth-order valence-electron chi connectivity index (χ4n) is 1.91. The number of carbonyl (C=O) groups excluding carboxylic acids is 1. The Labute approximate surface area is 148 Å². The fourth-order valence-corrected chi connectivity index (χ4v) is 4.36. The Hall–Kier alpha value is -0.850. The van der Waals surface area contributed by atoms with Crippen LogP contribution in [0.2, 0.25) is 0 Å². The molecule has 0 unspecified atom stereocenters. The summed E-state index contributed by atoms with van der Waals surface area (Å²) in [6.45, 7) is 1.96. The van der Waals surface area contributed by atoms with Crippen LogP contribution in [0.15, 0.2) is 43.7 Å². The normalized spacial score (nSPS) is 10.3. The molecule has 2 rings (SSSR count). The zero-order chi connectivity index (χ0) is 15.6. The molecule has 6 heteroatoms. The van der Waals surface area contributed by atoms with Gasteiger partial charge in [-0.2, -0.15) is 0 Å². The average Bonchev–Trinajstić information content (AvgIpc) is 2.42. The van der Waals surface area contributed by atoms with E-state index in [1.54, 1.807) is 7.05 Å². The van der Waals surface area contributed by atoms with Gasteiger partial charge in [0.15, 0.2) is 0 Å². The molecule has 0 heterocycles. The molecule has 0 spiro atoms. The number of rotatable bonds is 3. The predicted octanol–water partition coefficient (Wildman–Crippen LogP) is 5.58. The molecule has 110 valence electrons. The molecule has 0 bridgehead atoms. The smallest absolute Gasteiger partial charge is 0.257 e. The van der Waals surface area contributed by atoms with Crippen molar-refractivity contribution in [1.82, 2.24) is 0 Å². The van der Waals surface area contributed by atoms with Gasteiger partial charge in [0.2, 0.25) is 0 Å². The molecule has 2 N–H and O–H groups in total. The zero-order valence-corrected chi connectivity index (χ0v) is 16.2. The van der Waals surface area contributed by atoms with Crippen molar-refractivity contribution >= 4 is 65.1 Å². The molecule has 0 radical (unpaired) electrons. The first kappa shape index (κ1) is 16.5. The van der Waals surface area contributed by atoms with E-state index in [2.05, 4.69) is 58.4 Å². The molecule has 0 saturated carbocycles. The molecule has 0 fully saturated rings. The zero-order valence-electron chi connectivity index (χ0n) is 11.4. The Morgan fingerprint density at radius 1 is 1.05 bits per heavy atom. The van der Waals surface area contributed by atoms with Gasteiger partial charge in [0.1, 0.15) is 0 Å². The van der Waals surface area contributed by atoms with Crippen LogP contribution in [0, 0.1) is 6.92 Å². The first-order valence-corrected chi connectivity index (χ1v) is 8.54. The van der Waals surface area contributed by atoms with Gasteiger partial charge in [-0.15, -0.1) is 0 Å². The monoisotopic (exact) mass is 474 g/mol. The maximum atomic E-state index is 12.5. The van der Waals surface area contributed by atoms with Gasteiger partial charge in [-0.05, 0) is 63.0 Å². The van der Waals surface area contributed by atoms with Gasteiger partial charge in [0, 0.05) is 26.2 Å². The summed E-state index contributed by atoms with van der Waals surface area (Å²) >= 11 is 10.3. The predicted molar refractivity (Wildman–Crippen MR) is 98.2 cm³/mol. The van der Waals surface area contributed by atoms with E-state index in [0.717, 1.165) is 24.7 Å². The molecule has 0 atom stereocenters. The van der Waals surface area contributed by atoms with E-state index in [0.29, 0.717) is 11.3 Å². The first-order valence-electron chi connectivity index (χ1n) is 6.16. The van der Waals surface area contributed by atoms with Gasteiger partial charge in [-0.25, -0.2) is 0 Å². The lowest BCUT2D eigenvalue weighted by atomic mass is 10.1. The Morgan fingerprint density at radius 3 is 2.24 bits per heavy atom. The van der Waals surface area contributed by atoms with E-state index in [1.165, 1.54) is 0 Å². The van der Waals surface area contributed by atoms with Gasteiger partial charge in [-0.3, -0.25) is 4.79 Å². The highest BCUT2D eigenvalue weighted by Gasteiger charge is 2.15. The minimum Gasteiger partial charge on any atom is -0.387 e. The van der Waals surface area contributed by atoms with Gasteiger partial charge in [0.25, 0.3) is 5.91 Å². The summed E-state index contributed by atoms with van der Waals surface area (Å²) in [6, 6.07) is 9.50. The Morgan fingerprint density at radius 2 is 1.67 bits per heavy atom. The summed E-state index contributed by atoms with van der Waals surface area (Å²) in [5.41, 5.74) is 3.14. The average molecular weight is 477 g/mol. The highest BCUT2D eigenvalue weighted by atomic mass is 79.9. The summed E-state index contributed by atoms with van der Waals surface area (Å²) in [4.78, 5) is 12.5. The van der Waals surface area contributed by atoms with E-state index in [4.69, 9.17) is 0 Å². The van der Waals surface area contributed by atoms with Crippen LogP contribution in [-0.4, -0.2) is 13.0 Å². The highest BCUT2D eigenvalue weighted by Crippen LogP contribution is 2.35. The number of carbonyl (C=O) groups is 1. The number of hydrogen-bond donors (Lipinski definition) is 2. The Kier molecular flexibility index (Phi) is 5.46. The van der Waals surface area contributed by atoms with Crippen LogP contribution in [0.3, 0.4) is 0 Å². The number of benzene rings is 2. The van der Waals surface area contributed by atoms with Crippen molar-refractivity contribution in [2.45, 2.75) is 6.92 Å². The maximum Gasteiger partial charge on any atom is 0.257 e. The molecule has 1 amide bonds. The topological polar surface area (TPSA) is 41.1 Å². The Balaban J connectivity index is 2.37. The lowest BCUT2D eigenvalue weighted by Gasteiger charge is -2.13. The van der Waals surface area contributed by atoms with E-state index in [1.807, 2.05) is 37.3 Å². The van der Waals surface area contributed by atoms with Crippen LogP contribution in [0.1, 0.15) is 15.9 Å². The summed E-state index contributed by atoms with van der Waals surface area (Å²) in [7, 11) is 1.80. The van der Waals surface area contributed by atoms with Crippen LogP contribution in [0.5, 0.6) is 0 Å². The van der Waals surface area contributed by atoms with Crippen molar-refractivity contribution in [1.29, 1.82) is 0 Å². The summed E-state index contributed by atoms with van der Waals surface area (Å²) in [6.07, 6.45) is 0. The van der Waals surface area contributed by atoms with Gasteiger partial charge in [-0.1, -0.05) is 27.6 Å². The van der Waals surface area contributed by atoms with Crippen molar-refractivity contribution in [3.8, 4) is 0 Å². The van der Waals surface area contributed by atoms with Crippen molar-refractivity contribution in [2.24, 2.45) is 0 Å². The minimum atomic E-state index is -0.160. The summed E-state index contributed by atoms with van der Waals surface area (Å²) in [5.74, 6) is -0.160. The van der Waals surface area contributed by atoms with Gasteiger partial charge in [0.05, 0.1) is 11.3 Å². The second-order valence-electron chi connectivity index (χ2n) is 4.50. The van der Waals surface area contributed by atoms with Crippen LogP contribution in [0.4, 0.5) is 11.4 Å². The van der Waals surface area contributed by atoms with Crippen LogP contribution in [-0.2, 0) is 0 Å². The van der Waals surface area contributed by atoms with Gasteiger partial charge >= 0.3 is 0 Å². The first-order chi connectivity index (χ1) is 9.92. The Bertz CT molecular complexity index is 678. The van der Waals surface area contributed by atoms with Crippen molar-refractivity contribution in [2.75, 3.05) is 17.7 Å². The van der Waals surface area contributed by atoms with E-state index >= 15 is 0 Å². The fraction of sp³-hybridized carbons (Fsp3) is 0.133. The van der Waals surface area contributed by atoms with E-state index in [9.17, 15) is 4.79 Å². The molecule has 21 heavy (non-hydrogen) atoms. The number of halogens is 3. The molecule has 0 aliphatic rings. The molecular formula is C15H13Br3N2O. The highest BCUT2D eigenvalue weighted by molar-refractivity contribution is 9.11. The number of nitrogens with one attached hydrogen (secondary N) is 2. The van der Waals surface area contributed by atoms with Crippen LogP contribution in [0.25, 0.3) is 0 Å². The molecule has 3 nitrogen and oxygen atoms in total. The molecule has 2 aromatic rings. The lowest BCUT2D eigenvalue weighted by molar-refractivity contribution is 0.102. The second kappa shape index (κ2) is 6.94. The number of hydrogen-bond acceptors (Lipinski definition) is 2. The quantitative estimate of drug-likeness (QED) is 0.607. The lowest BCUT2D eigenvalue weighted by Crippen LogP contribution is -2.15. The molecule has 0 aromatic heterocycles. The third-order valence-corrected chi connectivity index (χ3v) is 4.64. The minimum absolute atomic E-state index is 0.160. The molecule has 0 aliphatic carbocycles. The number of anilines is 2. The van der Waals surface area contributed by atoms with E-state index < -0.39 is 0 Å². The van der Waals surface area contributed by atoms with Gasteiger partial charge < -0.3 is 10.6 Å². The number of aryl methyl sites for hydroxylation is 1. The third kappa shape index (κ3) is 3.87. The molecule has 0 aliphatic heterocycles. The van der Waals surface area contributed by atoms with Crippen molar-refractivity contribution in [3.63, 3.8) is 0 Å². The van der Waals surface area contributed by atoms with E-state index in [-0.39, 0.29) is 5.91 Å². The van der Waals surface area contributed by atoms with Crippen LogP contribution < -0.4 is 10.6 Å². The molecular weight excluding hydrogens is 464 g/mol. The van der Waals surface area contributed by atoms with Crippen molar-refractivity contribution < 1.29 is 4.79 Å². The molecule has 0 saturated heterocycles.